The third-order valence-corrected chi connectivity index (χ3v) is 6.42. The summed E-state index contributed by atoms with van der Waals surface area (Å²) in [5.74, 6) is 0.208. The number of nitrogens with zero attached hydrogens (tertiary/aromatic N) is 1. The molecule has 0 saturated carbocycles. The topological polar surface area (TPSA) is 36.1 Å². The minimum absolute atomic E-state index is 0.0533. The van der Waals surface area contributed by atoms with Crippen molar-refractivity contribution in [2.45, 2.75) is 45.2 Å². The summed E-state index contributed by atoms with van der Waals surface area (Å²) < 4.78 is 0.500. The van der Waals surface area contributed by atoms with Crippen molar-refractivity contribution < 1.29 is 4.79 Å². The van der Waals surface area contributed by atoms with Crippen LogP contribution >= 0.6 is 22.6 Å². The third-order valence-electron chi connectivity index (χ3n) is 5.77. The van der Waals surface area contributed by atoms with Gasteiger partial charge in [-0.1, -0.05) is 64.6 Å². The van der Waals surface area contributed by atoms with E-state index in [0.717, 1.165) is 19.3 Å². The highest BCUT2D eigenvalue weighted by molar-refractivity contribution is 14.1. The van der Waals surface area contributed by atoms with Gasteiger partial charge in [-0.3, -0.25) is 4.79 Å². The number of fused-ring (bicyclic) bond motifs is 3. The van der Waals surface area contributed by atoms with Crippen molar-refractivity contribution in [2.75, 3.05) is 4.43 Å². The molecular formula is C23H25IN2O. The molecule has 1 N–H and O–H groups in total. The van der Waals surface area contributed by atoms with Gasteiger partial charge in [0.25, 0.3) is 0 Å². The summed E-state index contributed by atoms with van der Waals surface area (Å²) in [5, 5.41) is 1.32. The second kappa shape index (κ2) is 7.66. The van der Waals surface area contributed by atoms with Crippen LogP contribution in [0.5, 0.6) is 0 Å². The molecule has 0 spiro atoms. The first kappa shape index (κ1) is 18.5. The van der Waals surface area contributed by atoms with E-state index in [4.69, 9.17) is 0 Å². The van der Waals surface area contributed by atoms with Gasteiger partial charge in [-0.15, -0.1) is 0 Å². The number of hydrogen-bond donors (Lipinski definition) is 1. The zero-order chi connectivity index (χ0) is 19.0. The maximum atomic E-state index is 13.0. The normalized spacial score (nSPS) is 17.5. The van der Waals surface area contributed by atoms with Crippen LogP contribution in [0.1, 0.15) is 54.2 Å². The van der Waals surface area contributed by atoms with Crippen molar-refractivity contribution in [3.8, 4) is 0 Å². The summed E-state index contributed by atoms with van der Waals surface area (Å²) >= 11 is 2.19. The number of alkyl halides is 1. The molecule has 1 aliphatic carbocycles. The van der Waals surface area contributed by atoms with Crippen molar-refractivity contribution in [1.82, 2.24) is 9.88 Å². The largest absolute Gasteiger partial charge is 0.356 e. The molecular weight excluding hydrogens is 447 g/mol. The number of aromatic amines is 1. The minimum atomic E-state index is 0.0533. The molecule has 0 aliphatic heterocycles. The van der Waals surface area contributed by atoms with Gasteiger partial charge >= 0.3 is 0 Å². The quantitative estimate of drug-likeness (QED) is 0.374. The molecule has 0 fully saturated rings. The van der Waals surface area contributed by atoms with Crippen LogP contribution < -0.4 is 0 Å². The summed E-state index contributed by atoms with van der Waals surface area (Å²) in [6, 6.07) is 17.1. The first-order valence-corrected chi connectivity index (χ1v) is 11.2. The van der Waals surface area contributed by atoms with Gasteiger partial charge in [0.05, 0.1) is 16.5 Å². The van der Waals surface area contributed by atoms with E-state index in [-0.39, 0.29) is 18.0 Å². The lowest BCUT2D eigenvalue weighted by Crippen LogP contribution is -2.39. The lowest BCUT2D eigenvalue weighted by Gasteiger charge is -2.38. The molecule has 140 valence electrons. The molecule has 4 rings (SSSR count). The second-order valence-electron chi connectivity index (χ2n) is 7.50. The lowest BCUT2D eigenvalue weighted by atomic mass is 9.89. The molecule has 1 amide bonds. The molecule has 0 bridgehead atoms. The highest BCUT2D eigenvalue weighted by Crippen LogP contribution is 2.41. The van der Waals surface area contributed by atoms with E-state index in [2.05, 4.69) is 88.8 Å². The first-order chi connectivity index (χ1) is 13.1. The third kappa shape index (κ3) is 3.40. The summed E-state index contributed by atoms with van der Waals surface area (Å²) in [4.78, 5) is 18.8. The maximum Gasteiger partial charge on any atom is 0.233 e. The highest BCUT2D eigenvalue weighted by Gasteiger charge is 2.34. The maximum absolute atomic E-state index is 13.0. The Morgan fingerprint density at radius 3 is 2.78 bits per heavy atom. The van der Waals surface area contributed by atoms with Crippen LogP contribution in [0.25, 0.3) is 10.9 Å². The van der Waals surface area contributed by atoms with Crippen LogP contribution in [0.2, 0.25) is 0 Å². The van der Waals surface area contributed by atoms with E-state index >= 15 is 0 Å². The Labute approximate surface area is 174 Å². The number of aryl methyl sites for hydroxylation is 2. The summed E-state index contributed by atoms with van der Waals surface area (Å²) in [7, 11) is 0. The van der Waals surface area contributed by atoms with E-state index in [1.54, 1.807) is 0 Å². The molecule has 3 nitrogen and oxygen atoms in total. The highest BCUT2D eigenvalue weighted by atomic mass is 127. The number of carbonyl (C=O) groups excluding carboxylic acids is 1. The molecule has 1 aromatic heterocycles. The van der Waals surface area contributed by atoms with Crippen molar-refractivity contribution >= 4 is 39.4 Å². The number of amides is 1. The van der Waals surface area contributed by atoms with E-state index in [1.807, 2.05) is 6.07 Å². The molecule has 0 unspecified atom stereocenters. The van der Waals surface area contributed by atoms with Crippen LogP contribution in [-0.2, 0) is 11.2 Å². The number of carbonyl (C=O) groups is 1. The predicted octanol–water partition coefficient (Wildman–Crippen LogP) is 5.88. The van der Waals surface area contributed by atoms with Crippen molar-refractivity contribution in [3.05, 3.63) is 70.9 Å². The number of halogens is 1. The molecule has 1 heterocycles. The second-order valence-corrected chi connectivity index (χ2v) is 8.26. The lowest BCUT2D eigenvalue weighted by molar-refractivity contribution is -0.133. The fourth-order valence-corrected chi connectivity index (χ4v) is 4.85. The Bertz CT molecular complexity index is 963. The van der Waals surface area contributed by atoms with Gasteiger partial charge in [0.15, 0.2) is 0 Å². The van der Waals surface area contributed by atoms with Crippen LogP contribution in [0, 0.1) is 6.92 Å². The standard InChI is InChI=1S/C23H25IN2O/c1-15-11-12-20-19(13-15)18-9-6-10-21(23(18)25-20)26(22(27)14-24)16(2)17-7-4-3-5-8-17/h3-5,7-8,11-13,16,21,25H,6,9-10,14H2,1-2H3/t16-,21-/m1/s1. The fraction of sp³-hybridized carbons (Fsp3) is 0.348. The molecule has 2 atom stereocenters. The van der Waals surface area contributed by atoms with Crippen LogP contribution in [-0.4, -0.2) is 20.2 Å². The number of aromatic nitrogens is 1. The minimum Gasteiger partial charge on any atom is -0.356 e. The van der Waals surface area contributed by atoms with Crippen molar-refractivity contribution in [2.24, 2.45) is 0 Å². The summed E-state index contributed by atoms with van der Waals surface area (Å²) in [5.41, 5.74) is 6.30. The summed E-state index contributed by atoms with van der Waals surface area (Å²) in [6.07, 6.45) is 3.21. The molecule has 3 aromatic rings. The Hall–Kier alpha value is -1.82. The van der Waals surface area contributed by atoms with Crippen LogP contribution in [0.4, 0.5) is 0 Å². The van der Waals surface area contributed by atoms with Crippen LogP contribution in [0.3, 0.4) is 0 Å². The smallest absolute Gasteiger partial charge is 0.233 e. The van der Waals surface area contributed by atoms with E-state index < -0.39 is 0 Å². The number of benzene rings is 2. The molecule has 4 heteroatoms. The van der Waals surface area contributed by atoms with Gasteiger partial charge in [0.2, 0.25) is 5.91 Å². The Morgan fingerprint density at radius 2 is 2.04 bits per heavy atom. The number of rotatable bonds is 4. The SMILES string of the molecule is Cc1ccc2[nH]c3c(c2c1)CCC[C@H]3N(C(=O)CI)[C@H](C)c1ccccc1. The zero-order valence-electron chi connectivity index (χ0n) is 15.8. The van der Waals surface area contributed by atoms with Gasteiger partial charge in [-0.05, 0) is 56.4 Å². The van der Waals surface area contributed by atoms with E-state index in [9.17, 15) is 4.79 Å². The summed E-state index contributed by atoms with van der Waals surface area (Å²) in [6.45, 7) is 4.29. The molecule has 0 radical (unpaired) electrons. The number of hydrogen-bond acceptors (Lipinski definition) is 1. The monoisotopic (exact) mass is 472 g/mol. The van der Waals surface area contributed by atoms with Gasteiger partial charge in [0, 0.05) is 16.6 Å². The molecule has 0 saturated heterocycles. The van der Waals surface area contributed by atoms with E-state index in [0.29, 0.717) is 4.43 Å². The first-order valence-electron chi connectivity index (χ1n) is 9.63. The average Bonchev–Trinajstić information content (AvgIpc) is 3.07. The predicted molar refractivity (Wildman–Crippen MR) is 119 cm³/mol. The van der Waals surface area contributed by atoms with Crippen molar-refractivity contribution in [1.29, 1.82) is 0 Å². The molecule has 27 heavy (non-hydrogen) atoms. The number of nitrogens with one attached hydrogen (secondary N) is 1. The van der Waals surface area contributed by atoms with Crippen molar-refractivity contribution in [3.63, 3.8) is 0 Å². The number of H-pyrrole nitrogens is 1. The fourth-order valence-electron chi connectivity index (χ4n) is 4.45. The van der Waals surface area contributed by atoms with Gasteiger partial charge < -0.3 is 9.88 Å². The Kier molecular flexibility index (Phi) is 5.26. The molecule has 1 aliphatic rings. The Morgan fingerprint density at radius 1 is 1.26 bits per heavy atom. The zero-order valence-corrected chi connectivity index (χ0v) is 18.0. The van der Waals surface area contributed by atoms with Crippen LogP contribution in [0.15, 0.2) is 48.5 Å². The van der Waals surface area contributed by atoms with Gasteiger partial charge in [-0.2, -0.15) is 0 Å². The molecule has 2 aromatic carbocycles. The van der Waals surface area contributed by atoms with E-state index in [1.165, 1.54) is 33.3 Å². The van der Waals surface area contributed by atoms with Gasteiger partial charge in [0.1, 0.15) is 0 Å². The van der Waals surface area contributed by atoms with Gasteiger partial charge in [-0.25, -0.2) is 0 Å². The average molecular weight is 472 g/mol. The Balaban J connectivity index is 1.80.